The minimum absolute atomic E-state index is 0.192. The molecule has 0 amide bonds. The van der Waals surface area contributed by atoms with Crippen LogP contribution >= 0.6 is 15.6 Å². The van der Waals surface area contributed by atoms with Crippen LogP contribution in [-0.2, 0) is 22.7 Å². The molecule has 156 valence electrons. The van der Waals surface area contributed by atoms with Gasteiger partial charge in [0.2, 0.25) is 0 Å². The van der Waals surface area contributed by atoms with Crippen LogP contribution < -0.4 is 5.73 Å². The summed E-state index contributed by atoms with van der Waals surface area (Å²) in [5.41, 5.74) is 4.19. The minimum Gasteiger partial charge on any atom is -0.387 e. The van der Waals surface area contributed by atoms with Crippen molar-refractivity contribution in [2.75, 3.05) is 12.3 Å². The number of anilines is 1. The number of aromatic nitrogens is 3. The predicted molar refractivity (Wildman–Crippen MR) is 91.4 cm³/mol. The molecule has 1 aliphatic heterocycles. The molecule has 0 saturated carbocycles. The van der Waals surface area contributed by atoms with Gasteiger partial charge in [-0.05, 0) is 13.0 Å². The van der Waals surface area contributed by atoms with Crippen LogP contribution in [0.15, 0.2) is 18.6 Å². The van der Waals surface area contributed by atoms with E-state index >= 15 is 0 Å². The lowest BCUT2D eigenvalue weighted by atomic mass is 9.96. The summed E-state index contributed by atoms with van der Waals surface area (Å²) < 4.78 is 37.3. The van der Waals surface area contributed by atoms with E-state index in [-0.39, 0.29) is 5.82 Å². The van der Waals surface area contributed by atoms with Gasteiger partial charge in [-0.2, -0.15) is 4.31 Å². The maximum atomic E-state index is 11.6. The van der Waals surface area contributed by atoms with Crippen molar-refractivity contribution in [2.45, 2.75) is 31.0 Å². The summed E-state index contributed by atoms with van der Waals surface area (Å²) >= 11 is 0. The molecule has 0 aliphatic carbocycles. The summed E-state index contributed by atoms with van der Waals surface area (Å²) in [6.07, 6.45) is -1.42. The fourth-order valence-corrected chi connectivity index (χ4v) is 4.48. The van der Waals surface area contributed by atoms with Crippen molar-refractivity contribution in [1.82, 2.24) is 14.5 Å². The monoisotopic (exact) mass is 440 g/mol. The molecule has 1 fully saturated rings. The summed E-state index contributed by atoms with van der Waals surface area (Å²) in [7, 11) is -10.4. The first-order valence-electron chi connectivity index (χ1n) is 7.69. The fraction of sp³-hybridized carbons (Fsp3) is 0.500. The zero-order chi connectivity index (χ0) is 20.9. The second-order valence-corrected chi connectivity index (χ2v) is 9.08. The van der Waals surface area contributed by atoms with E-state index in [2.05, 4.69) is 18.8 Å². The van der Waals surface area contributed by atoms with Gasteiger partial charge in [0.25, 0.3) is 0 Å². The van der Waals surface area contributed by atoms with Gasteiger partial charge in [0, 0.05) is 6.20 Å². The third kappa shape index (κ3) is 4.11. The summed E-state index contributed by atoms with van der Waals surface area (Å²) in [4.78, 5) is 34.4. The lowest BCUT2D eigenvalue weighted by molar-refractivity contribution is -0.0947. The van der Waals surface area contributed by atoms with E-state index in [0.717, 1.165) is 0 Å². The van der Waals surface area contributed by atoms with E-state index < -0.39 is 46.3 Å². The number of rotatable bonds is 6. The van der Waals surface area contributed by atoms with Crippen molar-refractivity contribution in [3.63, 3.8) is 0 Å². The van der Waals surface area contributed by atoms with Crippen molar-refractivity contribution < 1.29 is 47.6 Å². The van der Waals surface area contributed by atoms with Gasteiger partial charge in [-0.15, -0.1) is 0 Å². The van der Waals surface area contributed by atoms with E-state index in [0.29, 0.717) is 11.0 Å². The largest absolute Gasteiger partial charge is 0.481 e. The first-order chi connectivity index (χ1) is 12.8. The van der Waals surface area contributed by atoms with E-state index in [1.807, 2.05) is 0 Å². The molecule has 16 heteroatoms. The highest BCUT2D eigenvalue weighted by molar-refractivity contribution is 7.60. The molecule has 3 rings (SSSR count). The highest BCUT2D eigenvalue weighted by Gasteiger charge is 2.54. The molecule has 7 N–H and O–H groups in total. The molecule has 5 atom stereocenters. The lowest BCUT2D eigenvalue weighted by Gasteiger charge is -2.27. The number of nitrogens with two attached hydrogens (primary N) is 1. The maximum Gasteiger partial charge on any atom is 0.481 e. The Morgan fingerprint density at radius 1 is 1.36 bits per heavy atom. The van der Waals surface area contributed by atoms with Gasteiger partial charge in [-0.25, -0.2) is 19.1 Å². The molecule has 1 aliphatic rings. The van der Waals surface area contributed by atoms with Crippen molar-refractivity contribution in [3.05, 3.63) is 18.6 Å². The Hall–Kier alpha value is -1.44. The van der Waals surface area contributed by atoms with Crippen LogP contribution in [0.5, 0.6) is 0 Å². The molecule has 0 radical (unpaired) electrons. The Morgan fingerprint density at radius 2 is 2.04 bits per heavy atom. The molecular formula is C12H18N4O10P2. The smallest absolute Gasteiger partial charge is 0.387 e. The number of hydrogen-bond donors (Lipinski definition) is 6. The first kappa shape index (κ1) is 21.3. The van der Waals surface area contributed by atoms with Gasteiger partial charge in [0.15, 0.2) is 6.23 Å². The van der Waals surface area contributed by atoms with Crippen LogP contribution in [0.4, 0.5) is 5.82 Å². The number of phosphoric ester groups is 1. The van der Waals surface area contributed by atoms with Crippen molar-refractivity contribution >= 4 is 32.5 Å². The summed E-state index contributed by atoms with van der Waals surface area (Å²) in [5.74, 6) is 0.192. The quantitative estimate of drug-likeness (QED) is 0.305. The molecule has 1 saturated heterocycles. The van der Waals surface area contributed by atoms with Gasteiger partial charge in [0.1, 0.15) is 35.6 Å². The van der Waals surface area contributed by atoms with Crippen LogP contribution in [0.1, 0.15) is 13.2 Å². The van der Waals surface area contributed by atoms with Gasteiger partial charge < -0.3 is 39.9 Å². The molecule has 28 heavy (non-hydrogen) atoms. The average Bonchev–Trinajstić information content (AvgIpc) is 3.05. The average molecular weight is 440 g/mol. The van der Waals surface area contributed by atoms with Gasteiger partial charge in [-0.1, -0.05) is 0 Å². The van der Waals surface area contributed by atoms with Gasteiger partial charge >= 0.3 is 15.6 Å². The second-order valence-electron chi connectivity index (χ2n) is 6.25. The Morgan fingerprint density at radius 3 is 2.68 bits per heavy atom. The number of phosphoric acid groups is 2. The van der Waals surface area contributed by atoms with Crippen LogP contribution in [-0.4, -0.2) is 63.8 Å². The molecule has 0 bridgehead atoms. The normalized spacial score (nSPS) is 30.6. The zero-order valence-electron chi connectivity index (χ0n) is 14.3. The fourth-order valence-electron chi connectivity index (χ4n) is 2.88. The van der Waals surface area contributed by atoms with Crippen molar-refractivity contribution in [1.29, 1.82) is 0 Å². The highest BCUT2D eigenvalue weighted by atomic mass is 31.3. The Bertz CT molecular complexity index is 974. The molecule has 0 aromatic carbocycles. The summed E-state index contributed by atoms with van der Waals surface area (Å²) in [6.45, 7) is 0.460. The molecule has 2 aromatic heterocycles. The Kier molecular flexibility index (Phi) is 5.40. The first-order valence-corrected chi connectivity index (χ1v) is 10.7. The molecule has 1 unspecified atom stereocenters. The number of fused-ring (bicyclic) bond motifs is 1. The predicted octanol–water partition coefficient (Wildman–Crippen LogP) is -0.751. The molecule has 14 nitrogen and oxygen atoms in total. The molecule has 0 spiro atoms. The topological polar surface area (TPSA) is 220 Å². The lowest BCUT2D eigenvalue weighted by Crippen LogP contribution is -2.44. The third-order valence-electron chi connectivity index (χ3n) is 4.16. The number of ether oxygens (including phenoxy) is 1. The molecular weight excluding hydrogens is 422 g/mol. The molecule has 2 aromatic rings. The highest BCUT2D eigenvalue weighted by Crippen LogP contribution is 2.58. The second kappa shape index (κ2) is 7.11. The maximum absolute atomic E-state index is 11.6. The van der Waals surface area contributed by atoms with E-state index in [4.69, 9.17) is 20.3 Å². The molecule has 3 heterocycles. The Balaban J connectivity index is 1.81. The van der Waals surface area contributed by atoms with Gasteiger partial charge in [-0.3, -0.25) is 4.52 Å². The van der Waals surface area contributed by atoms with Crippen LogP contribution in [0.25, 0.3) is 11.0 Å². The van der Waals surface area contributed by atoms with E-state index in [1.54, 1.807) is 6.07 Å². The summed E-state index contributed by atoms with van der Waals surface area (Å²) in [6, 6.07) is 1.58. The zero-order valence-corrected chi connectivity index (χ0v) is 16.1. The van der Waals surface area contributed by atoms with E-state index in [9.17, 15) is 24.2 Å². The third-order valence-corrected chi connectivity index (χ3v) is 6.31. The SMILES string of the molecule is C[C@@]1(O)[C@H](O)[C@@H](COP(=O)(O)OP(=O)(O)O)O[C@H]1n1ccc2c(N)ncnc21. The van der Waals surface area contributed by atoms with Crippen molar-refractivity contribution in [2.24, 2.45) is 0 Å². The minimum atomic E-state index is -5.29. The number of hydrogen-bond acceptors (Lipinski definition) is 10. The Labute approximate surface area is 157 Å². The standard InChI is InChI=1S/C12H18N4O10P2/c1-12(18)8(17)7(4-24-28(22,23)26-27(19,20)21)25-11(12)16-3-2-6-9(13)14-5-15-10(6)16/h2-3,5,7-8,11,17-18H,4H2,1H3,(H,22,23)(H2,13,14,15)(H2,19,20,21)/t7-,8-,11-,12-/m1/s1. The number of nitrogen functional groups attached to an aromatic ring is 1. The van der Waals surface area contributed by atoms with Crippen LogP contribution in [0.3, 0.4) is 0 Å². The van der Waals surface area contributed by atoms with Crippen LogP contribution in [0.2, 0.25) is 0 Å². The van der Waals surface area contributed by atoms with E-state index in [1.165, 1.54) is 24.0 Å². The number of aliphatic hydroxyl groups is 2. The number of aliphatic hydroxyl groups excluding tert-OH is 1. The van der Waals surface area contributed by atoms with Crippen LogP contribution in [0, 0.1) is 0 Å². The van der Waals surface area contributed by atoms with Crippen molar-refractivity contribution in [3.8, 4) is 0 Å². The summed E-state index contributed by atoms with van der Waals surface area (Å²) in [5, 5.41) is 21.5. The number of nitrogens with zero attached hydrogens (tertiary/aromatic N) is 3. The van der Waals surface area contributed by atoms with Gasteiger partial charge in [0.05, 0.1) is 12.0 Å².